The van der Waals surface area contributed by atoms with Gasteiger partial charge in [0.2, 0.25) is 0 Å². The Morgan fingerprint density at radius 2 is 1.69 bits per heavy atom. The number of carbonyl (C=O) groups excluding carboxylic acids is 1. The molecule has 0 spiro atoms. The van der Waals surface area contributed by atoms with Crippen LogP contribution in [-0.2, 0) is 23.7 Å². The SMILES string of the molecule is O=C(N=Nc1cnccn1)C(Br)Cn1cnc(-c2cc(C(F)(F)F)cc(C(F)(F)F)c2)n1. The molecule has 0 radical (unpaired) electrons. The summed E-state index contributed by atoms with van der Waals surface area (Å²) in [5.74, 6) is -1.02. The number of benzene rings is 1. The van der Waals surface area contributed by atoms with E-state index in [1.807, 2.05) is 0 Å². The molecular weight excluding hydrogens is 512 g/mol. The summed E-state index contributed by atoms with van der Waals surface area (Å²) in [5.41, 5.74) is -3.46. The molecule has 1 aromatic carbocycles. The maximum absolute atomic E-state index is 13.0. The molecule has 32 heavy (non-hydrogen) atoms. The van der Waals surface area contributed by atoms with Crippen molar-refractivity contribution in [1.82, 2.24) is 24.7 Å². The van der Waals surface area contributed by atoms with Crippen LogP contribution in [0.5, 0.6) is 0 Å². The molecule has 2 aromatic heterocycles. The molecule has 1 atom stereocenters. The van der Waals surface area contributed by atoms with Gasteiger partial charge in [-0.15, -0.1) is 10.2 Å². The van der Waals surface area contributed by atoms with Gasteiger partial charge in [0.05, 0.1) is 23.9 Å². The summed E-state index contributed by atoms with van der Waals surface area (Å²) < 4.78 is 79.2. The average Bonchev–Trinajstić information content (AvgIpc) is 3.19. The Hall–Kier alpha value is -3.23. The zero-order valence-electron chi connectivity index (χ0n) is 15.5. The van der Waals surface area contributed by atoms with Gasteiger partial charge in [0.25, 0.3) is 5.91 Å². The fourth-order valence-corrected chi connectivity index (χ4v) is 2.74. The van der Waals surface area contributed by atoms with Crippen molar-refractivity contribution in [3.8, 4) is 11.4 Å². The lowest BCUT2D eigenvalue weighted by Crippen LogP contribution is -2.18. The minimum atomic E-state index is -5.00. The second-order valence-corrected chi connectivity index (χ2v) is 7.26. The van der Waals surface area contributed by atoms with Crippen molar-refractivity contribution in [3.63, 3.8) is 0 Å². The number of hydrogen-bond acceptors (Lipinski definition) is 6. The van der Waals surface area contributed by atoms with Crippen molar-refractivity contribution in [2.75, 3.05) is 0 Å². The first-order valence-corrected chi connectivity index (χ1v) is 9.40. The molecule has 0 saturated heterocycles. The highest BCUT2D eigenvalue weighted by Gasteiger charge is 2.37. The Labute approximate surface area is 183 Å². The smallest absolute Gasteiger partial charge is 0.270 e. The quantitative estimate of drug-likeness (QED) is 0.271. The van der Waals surface area contributed by atoms with Crippen LogP contribution in [0.3, 0.4) is 0 Å². The van der Waals surface area contributed by atoms with Gasteiger partial charge < -0.3 is 0 Å². The number of alkyl halides is 7. The summed E-state index contributed by atoms with van der Waals surface area (Å²) in [5, 5.41) is 10.9. The van der Waals surface area contributed by atoms with Crippen molar-refractivity contribution in [2.24, 2.45) is 10.2 Å². The number of amides is 1. The van der Waals surface area contributed by atoms with Crippen molar-refractivity contribution in [1.29, 1.82) is 0 Å². The molecule has 0 bridgehead atoms. The summed E-state index contributed by atoms with van der Waals surface area (Å²) in [6, 6.07) is 1.04. The van der Waals surface area contributed by atoms with Gasteiger partial charge in [0.1, 0.15) is 11.2 Å². The van der Waals surface area contributed by atoms with Gasteiger partial charge in [0.15, 0.2) is 11.6 Å². The Balaban J connectivity index is 1.79. The first kappa shape index (κ1) is 23.4. The summed E-state index contributed by atoms with van der Waals surface area (Å²) in [4.78, 5) is 22.4. The predicted molar refractivity (Wildman–Crippen MR) is 99.7 cm³/mol. The largest absolute Gasteiger partial charge is 0.416 e. The van der Waals surface area contributed by atoms with E-state index >= 15 is 0 Å². The number of azo groups is 1. The van der Waals surface area contributed by atoms with Crippen LogP contribution in [0.15, 0.2) is 53.3 Å². The third-order valence-corrected chi connectivity index (χ3v) is 4.48. The Morgan fingerprint density at radius 1 is 1.03 bits per heavy atom. The van der Waals surface area contributed by atoms with Gasteiger partial charge >= 0.3 is 12.4 Å². The van der Waals surface area contributed by atoms with E-state index in [0.717, 1.165) is 11.0 Å². The normalized spacial score (nSPS) is 13.5. The average molecular weight is 522 g/mol. The number of carbonyl (C=O) groups is 1. The molecule has 2 heterocycles. The second kappa shape index (κ2) is 9.10. The zero-order chi connectivity index (χ0) is 23.5. The van der Waals surface area contributed by atoms with E-state index in [9.17, 15) is 31.1 Å². The number of halogens is 7. The molecule has 1 unspecified atom stereocenters. The van der Waals surface area contributed by atoms with Gasteiger partial charge in [-0.1, -0.05) is 15.9 Å². The molecule has 8 nitrogen and oxygen atoms in total. The Kier molecular flexibility index (Phi) is 6.66. The Bertz CT molecular complexity index is 1100. The van der Waals surface area contributed by atoms with E-state index in [-0.39, 0.29) is 24.3 Å². The second-order valence-electron chi connectivity index (χ2n) is 6.15. The Morgan fingerprint density at radius 3 is 2.25 bits per heavy atom. The molecule has 0 fully saturated rings. The predicted octanol–water partition coefficient (Wildman–Crippen LogP) is 4.85. The van der Waals surface area contributed by atoms with Crippen molar-refractivity contribution < 1.29 is 31.1 Å². The van der Waals surface area contributed by atoms with E-state index in [4.69, 9.17) is 0 Å². The fraction of sp³-hybridized carbons (Fsp3) is 0.235. The lowest BCUT2D eigenvalue weighted by atomic mass is 10.0. The molecule has 168 valence electrons. The summed E-state index contributed by atoms with van der Waals surface area (Å²) >= 11 is 3.07. The molecule has 0 N–H and O–H groups in total. The summed E-state index contributed by atoms with van der Waals surface area (Å²) in [6.45, 7) is -0.170. The van der Waals surface area contributed by atoms with Gasteiger partial charge in [0, 0.05) is 18.0 Å². The molecule has 3 rings (SSSR count). The summed E-state index contributed by atoms with van der Waals surface area (Å²) in [6.07, 6.45) is -4.92. The zero-order valence-corrected chi connectivity index (χ0v) is 17.1. The van der Waals surface area contributed by atoms with Crippen LogP contribution in [0, 0.1) is 0 Å². The molecule has 0 aliphatic rings. The maximum atomic E-state index is 13.0. The molecule has 15 heteroatoms. The number of nitrogens with zero attached hydrogens (tertiary/aromatic N) is 7. The van der Waals surface area contributed by atoms with Crippen LogP contribution in [0.1, 0.15) is 11.1 Å². The van der Waals surface area contributed by atoms with E-state index in [2.05, 4.69) is 46.2 Å². The highest BCUT2D eigenvalue weighted by Crippen LogP contribution is 2.38. The topological polar surface area (TPSA) is 98.3 Å². The van der Waals surface area contributed by atoms with Crippen molar-refractivity contribution in [3.05, 3.63) is 54.2 Å². The molecule has 0 aliphatic heterocycles. The first-order valence-electron chi connectivity index (χ1n) is 8.48. The number of aromatic nitrogens is 5. The molecule has 0 aliphatic carbocycles. The van der Waals surface area contributed by atoms with Gasteiger partial charge in [-0.2, -0.15) is 31.4 Å². The van der Waals surface area contributed by atoms with Crippen LogP contribution in [-0.4, -0.2) is 35.5 Å². The summed E-state index contributed by atoms with van der Waals surface area (Å²) in [7, 11) is 0. The number of hydrogen-bond donors (Lipinski definition) is 0. The van der Waals surface area contributed by atoms with Gasteiger partial charge in [-0.05, 0) is 18.2 Å². The van der Waals surface area contributed by atoms with Crippen molar-refractivity contribution in [2.45, 2.75) is 23.7 Å². The van der Waals surface area contributed by atoms with E-state index in [1.54, 1.807) is 0 Å². The standard InChI is InChI=1S/C17H10BrF6N7O/c18-12(15(32)29-28-13-6-25-1-2-26-13)7-31-8-27-14(30-31)9-3-10(16(19,20)21)5-11(4-9)17(22,23)24/h1-6,8,12H,7H2. The third-order valence-electron chi connectivity index (χ3n) is 3.80. The fourth-order valence-electron chi connectivity index (χ4n) is 2.35. The minimum absolute atomic E-state index is 0.00972. The highest BCUT2D eigenvalue weighted by molar-refractivity contribution is 9.10. The van der Waals surface area contributed by atoms with Crippen LogP contribution in [0.2, 0.25) is 0 Å². The third kappa shape index (κ3) is 5.93. The van der Waals surface area contributed by atoms with Crippen LogP contribution < -0.4 is 0 Å². The lowest BCUT2D eigenvalue weighted by Gasteiger charge is -2.13. The van der Waals surface area contributed by atoms with Gasteiger partial charge in [-0.3, -0.25) is 14.5 Å². The van der Waals surface area contributed by atoms with Crippen LogP contribution in [0.25, 0.3) is 11.4 Å². The minimum Gasteiger partial charge on any atom is -0.270 e. The van der Waals surface area contributed by atoms with E-state index < -0.39 is 39.8 Å². The van der Waals surface area contributed by atoms with Crippen molar-refractivity contribution >= 4 is 27.7 Å². The molecular formula is C17H10BrF6N7O. The maximum Gasteiger partial charge on any atom is 0.416 e. The van der Waals surface area contributed by atoms with E-state index in [1.165, 1.54) is 18.6 Å². The lowest BCUT2D eigenvalue weighted by molar-refractivity contribution is -0.143. The number of rotatable bonds is 5. The van der Waals surface area contributed by atoms with Crippen LogP contribution in [0.4, 0.5) is 32.2 Å². The highest BCUT2D eigenvalue weighted by atomic mass is 79.9. The van der Waals surface area contributed by atoms with Crippen LogP contribution >= 0.6 is 15.9 Å². The molecule has 3 aromatic rings. The van der Waals surface area contributed by atoms with Gasteiger partial charge in [-0.25, -0.2) is 9.97 Å². The monoisotopic (exact) mass is 521 g/mol. The first-order chi connectivity index (χ1) is 14.9. The molecule has 0 saturated carbocycles. The van der Waals surface area contributed by atoms with E-state index in [0.29, 0.717) is 12.1 Å². The molecule has 1 amide bonds.